The number of carbonyl (C=O) groups excluding carboxylic acids is 2. The zero-order valence-electron chi connectivity index (χ0n) is 20.7. The molecule has 2 amide bonds. The van der Waals surface area contributed by atoms with Crippen LogP contribution < -0.4 is 15.8 Å². The van der Waals surface area contributed by atoms with Gasteiger partial charge < -0.3 is 15.8 Å². The number of alkyl halides is 3. The first-order chi connectivity index (χ1) is 18.1. The highest BCUT2D eigenvalue weighted by Gasteiger charge is 2.30. The fourth-order valence-corrected chi connectivity index (χ4v) is 4.18. The SMILES string of the molecule is CC(=O)Nc1nc2c(Oc3cc(-c4ccc(C(F)(F)F)cc4)ncn3)cccc2s1.CCCCCC(N)=O. The summed E-state index contributed by atoms with van der Waals surface area (Å²) >= 11 is 1.31. The topological polar surface area (TPSA) is 120 Å². The van der Waals surface area contributed by atoms with Crippen LogP contribution in [-0.4, -0.2) is 26.8 Å². The van der Waals surface area contributed by atoms with Gasteiger partial charge in [-0.05, 0) is 30.7 Å². The lowest BCUT2D eigenvalue weighted by atomic mass is 10.1. The molecule has 0 aliphatic carbocycles. The van der Waals surface area contributed by atoms with Crippen LogP contribution >= 0.6 is 11.3 Å². The van der Waals surface area contributed by atoms with E-state index in [1.54, 1.807) is 12.1 Å². The molecule has 0 atom stereocenters. The summed E-state index contributed by atoms with van der Waals surface area (Å²) in [4.78, 5) is 33.9. The molecule has 0 saturated heterocycles. The minimum absolute atomic E-state index is 0.182. The largest absolute Gasteiger partial charge is 0.437 e. The minimum Gasteiger partial charge on any atom is -0.437 e. The molecular formula is C26H26F3N5O3S. The van der Waals surface area contributed by atoms with Gasteiger partial charge >= 0.3 is 6.18 Å². The maximum Gasteiger partial charge on any atom is 0.416 e. The highest BCUT2D eigenvalue weighted by atomic mass is 32.1. The van der Waals surface area contributed by atoms with E-state index in [0.717, 1.165) is 36.1 Å². The Hall–Kier alpha value is -4.06. The lowest BCUT2D eigenvalue weighted by Gasteiger charge is -2.09. The smallest absolute Gasteiger partial charge is 0.416 e. The highest BCUT2D eigenvalue weighted by Crippen LogP contribution is 2.35. The van der Waals surface area contributed by atoms with Gasteiger partial charge in [-0.25, -0.2) is 15.0 Å². The standard InChI is InChI=1S/C20H13F3N4O2S.C6H13NO/c1-11(28)26-19-27-18-15(3-2-4-16(18)30-19)29-17-9-14(24-10-25-17)12-5-7-13(8-6-12)20(21,22)23;1-2-3-4-5-6(7)8/h2-10H,1H3,(H,26,27,28);2-5H2,1H3,(H2,7,8). The van der Waals surface area contributed by atoms with Crippen molar-refractivity contribution in [3.8, 4) is 22.9 Å². The summed E-state index contributed by atoms with van der Waals surface area (Å²) < 4.78 is 44.9. The molecule has 3 N–H and O–H groups in total. The number of halogens is 3. The molecule has 200 valence electrons. The first-order valence-corrected chi connectivity index (χ1v) is 12.5. The Morgan fingerprint density at radius 3 is 2.45 bits per heavy atom. The molecule has 4 aromatic rings. The van der Waals surface area contributed by atoms with Crippen molar-refractivity contribution in [3.05, 3.63) is 60.4 Å². The van der Waals surface area contributed by atoms with Crippen molar-refractivity contribution < 1.29 is 27.5 Å². The quantitative estimate of drug-likeness (QED) is 0.242. The van der Waals surface area contributed by atoms with Gasteiger partial charge in [0.15, 0.2) is 10.9 Å². The normalized spacial score (nSPS) is 11.0. The van der Waals surface area contributed by atoms with Crippen molar-refractivity contribution in [3.63, 3.8) is 0 Å². The third-order valence-electron chi connectivity index (χ3n) is 5.06. The number of fused-ring (bicyclic) bond motifs is 1. The zero-order valence-corrected chi connectivity index (χ0v) is 21.5. The minimum atomic E-state index is -4.40. The summed E-state index contributed by atoms with van der Waals surface area (Å²) in [6, 6.07) is 11.5. The number of nitrogens with zero attached hydrogens (tertiary/aromatic N) is 3. The van der Waals surface area contributed by atoms with Gasteiger partial charge in [0.1, 0.15) is 11.8 Å². The fourth-order valence-electron chi connectivity index (χ4n) is 3.25. The van der Waals surface area contributed by atoms with Gasteiger partial charge in [0.2, 0.25) is 17.7 Å². The maximum atomic E-state index is 12.8. The third-order valence-corrected chi connectivity index (χ3v) is 5.99. The lowest BCUT2D eigenvalue weighted by molar-refractivity contribution is -0.137. The molecule has 0 fully saturated rings. The summed E-state index contributed by atoms with van der Waals surface area (Å²) in [7, 11) is 0. The van der Waals surface area contributed by atoms with E-state index in [0.29, 0.717) is 34.1 Å². The van der Waals surface area contributed by atoms with Crippen LogP contribution in [0.1, 0.15) is 45.1 Å². The number of nitrogens with two attached hydrogens (primary N) is 1. The van der Waals surface area contributed by atoms with Gasteiger partial charge in [-0.2, -0.15) is 13.2 Å². The molecule has 38 heavy (non-hydrogen) atoms. The Morgan fingerprint density at radius 2 is 1.82 bits per heavy atom. The number of rotatable bonds is 8. The molecule has 0 bridgehead atoms. The molecule has 2 aromatic heterocycles. The van der Waals surface area contributed by atoms with Crippen LogP contribution in [0.4, 0.5) is 18.3 Å². The summed E-state index contributed by atoms with van der Waals surface area (Å²) in [6.45, 7) is 3.49. The van der Waals surface area contributed by atoms with Gasteiger partial charge in [0.25, 0.3) is 0 Å². The Bertz CT molecular complexity index is 1390. The zero-order chi connectivity index (χ0) is 27.7. The number of amides is 2. The van der Waals surface area contributed by atoms with E-state index in [-0.39, 0.29) is 17.7 Å². The van der Waals surface area contributed by atoms with Gasteiger partial charge in [0, 0.05) is 25.0 Å². The summed E-state index contributed by atoms with van der Waals surface area (Å²) in [6.07, 6.45) is 0.628. The van der Waals surface area contributed by atoms with Crippen molar-refractivity contribution in [2.45, 2.75) is 45.7 Å². The molecule has 0 spiro atoms. The number of carbonyl (C=O) groups is 2. The second-order valence-corrected chi connectivity index (χ2v) is 9.18. The molecule has 2 aromatic carbocycles. The van der Waals surface area contributed by atoms with Gasteiger partial charge in [0.05, 0.1) is 16.0 Å². The van der Waals surface area contributed by atoms with E-state index in [9.17, 15) is 22.8 Å². The van der Waals surface area contributed by atoms with Crippen LogP contribution in [0.25, 0.3) is 21.5 Å². The Morgan fingerprint density at radius 1 is 1.08 bits per heavy atom. The third kappa shape index (κ3) is 8.23. The first-order valence-electron chi connectivity index (χ1n) is 11.7. The van der Waals surface area contributed by atoms with E-state index >= 15 is 0 Å². The number of unbranched alkanes of at least 4 members (excludes halogenated alkanes) is 2. The average molecular weight is 546 g/mol. The number of nitrogens with one attached hydrogen (secondary N) is 1. The number of ether oxygens (including phenoxy) is 1. The monoisotopic (exact) mass is 545 g/mol. The molecule has 0 unspecified atom stereocenters. The molecule has 0 radical (unpaired) electrons. The molecule has 4 rings (SSSR count). The Balaban J connectivity index is 0.000000436. The maximum absolute atomic E-state index is 12.8. The van der Waals surface area contributed by atoms with Crippen LogP contribution in [0.2, 0.25) is 0 Å². The summed E-state index contributed by atoms with van der Waals surface area (Å²) in [5, 5.41) is 3.08. The fraction of sp³-hybridized carbons (Fsp3) is 0.269. The van der Waals surface area contributed by atoms with E-state index in [2.05, 4.69) is 27.2 Å². The number of benzene rings is 2. The second kappa shape index (κ2) is 13.0. The number of hydrogen-bond acceptors (Lipinski definition) is 7. The van der Waals surface area contributed by atoms with Crippen molar-refractivity contribution in [2.24, 2.45) is 5.73 Å². The first kappa shape index (κ1) is 28.5. The highest BCUT2D eigenvalue weighted by molar-refractivity contribution is 7.22. The van der Waals surface area contributed by atoms with E-state index in [1.807, 2.05) is 6.07 Å². The predicted molar refractivity (Wildman–Crippen MR) is 140 cm³/mol. The summed E-state index contributed by atoms with van der Waals surface area (Å²) in [5.74, 6) is 0.228. The molecule has 2 heterocycles. The van der Waals surface area contributed by atoms with Crippen LogP contribution in [0, 0.1) is 0 Å². The van der Waals surface area contributed by atoms with Crippen molar-refractivity contribution in [1.82, 2.24) is 15.0 Å². The van der Waals surface area contributed by atoms with Crippen LogP contribution in [0.15, 0.2) is 54.9 Å². The number of anilines is 1. The van der Waals surface area contributed by atoms with Crippen molar-refractivity contribution in [2.75, 3.05) is 5.32 Å². The van der Waals surface area contributed by atoms with Crippen LogP contribution in [-0.2, 0) is 15.8 Å². The van der Waals surface area contributed by atoms with E-state index in [1.165, 1.54) is 42.8 Å². The van der Waals surface area contributed by atoms with Crippen LogP contribution in [0.3, 0.4) is 0 Å². The van der Waals surface area contributed by atoms with Gasteiger partial charge in [-0.3, -0.25) is 9.59 Å². The second-order valence-electron chi connectivity index (χ2n) is 8.15. The molecule has 0 aliphatic rings. The van der Waals surface area contributed by atoms with Gasteiger partial charge in [-0.15, -0.1) is 0 Å². The number of para-hydroxylation sites is 1. The van der Waals surface area contributed by atoms with E-state index < -0.39 is 11.7 Å². The van der Waals surface area contributed by atoms with Crippen LogP contribution in [0.5, 0.6) is 11.6 Å². The lowest BCUT2D eigenvalue weighted by Crippen LogP contribution is -2.09. The molecule has 8 nitrogen and oxygen atoms in total. The van der Waals surface area contributed by atoms with E-state index in [4.69, 9.17) is 10.5 Å². The molecule has 0 aliphatic heterocycles. The predicted octanol–water partition coefficient (Wildman–Crippen LogP) is 6.57. The number of thiazole rings is 1. The Kier molecular flexibility index (Phi) is 9.72. The molecule has 0 saturated carbocycles. The molecular weight excluding hydrogens is 519 g/mol. The van der Waals surface area contributed by atoms with Gasteiger partial charge in [-0.1, -0.05) is 49.3 Å². The average Bonchev–Trinajstić information content (AvgIpc) is 3.27. The Labute approximate surface area is 221 Å². The summed E-state index contributed by atoms with van der Waals surface area (Å²) in [5.41, 5.74) is 5.63. The number of hydrogen-bond donors (Lipinski definition) is 2. The van der Waals surface area contributed by atoms with Crippen molar-refractivity contribution in [1.29, 1.82) is 0 Å². The number of primary amides is 1. The molecule has 12 heteroatoms. The number of aromatic nitrogens is 3. The van der Waals surface area contributed by atoms with Crippen molar-refractivity contribution >= 4 is 38.5 Å².